The molecule has 1 rings (SSSR count). The smallest absolute Gasteiger partial charge is 0.130 e. The molecule has 0 bridgehead atoms. The maximum Gasteiger partial charge on any atom is 0.130 e. The van der Waals surface area contributed by atoms with Gasteiger partial charge in [0.2, 0.25) is 0 Å². The Morgan fingerprint density at radius 2 is 1.94 bits per heavy atom. The Hall–Kier alpha value is -1.12. The van der Waals surface area contributed by atoms with E-state index in [9.17, 15) is 0 Å². The van der Waals surface area contributed by atoms with Gasteiger partial charge in [0, 0.05) is 17.8 Å². The molecule has 1 unspecified atom stereocenters. The summed E-state index contributed by atoms with van der Waals surface area (Å²) in [5.41, 5.74) is 1.11. The van der Waals surface area contributed by atoms with Crippen molar-refractivity contribution in [2.24, 2.45) is 0 Å². The lowest BCUT2D eigenvalue weighted by atomic mass is 10.1. The van der Waals surface area contributed by atoms with Crippen LogP contribution in [-0.2, 0) is 6.42 Å². The molecule has 3 heteroatoms. The topological polar surface area (TPSA) is 37.8 Å². The first-order valence-electron chi connectivity index (χ1n) is 7.26. The number of anilines is 1. The summed E-state index contributed by atoms with van der Waals surface area (Å²) in [5.74, 6) is 1.83. The summed E-state index contributed by atoms with van der Waals surface area (Å²) in [6.45, 7) is 8.56. The van der Waals surface area contributed by atoms with Gasteiger partial charge in [-0.15, -0.1) is 0 Å². The van der Waals surface area contributed by atoms with E-state index in [0.29, 0.717) is 6.04 Å². The molecule has 1 N–H and O–H groups in total. The van der Waals surface area contributed by atoms with Gasteiger partial charge in [0.15, 0.2) is 0 Å². The second-order valence-corrected chi connectivity index (χ2v) is 5.04. The molecule has 1 aromatic rings. The number of hydrogen-bond donors (Lipinski definition) is 1. The van der Waals surface area contributed by atoms with Crippen LogP contribution in [0, 0.1) is 6.92 Å². The molecule has 0 fully saturated rings. The first kappa shape index (κ1) is 14.9. The molecule has 0 aromatic carbocycles. The summed E-state index contributed by atoms with van der Waals surface area (Å²) >= 11 is 0. The average Bonchev–Trinajstić information content (AvgIpc) is 2.34. The number of nitrogens with one attached hydrogen (secondary N) is 1. The van der Waals surface area contributed by atoms with Gasteiger partial charge in [-0.1, -0.05) is 39.5 Å². The predicted molar refractivity (Wildman–Crippen MR) is 78.0 cm³/mol. The molecule has 0 spiro atoms. The van der Waals surface area contributed by atoms with E-state index in [-0.39, 0.29) is 0 Å². The van der Waals surface area contributed by atoms with Crippen molar-refractivity contribution in [1.29, 1.82) is 0 Å². The fourth-order valence-corrected chi connectivity index (χ4v) is 2.09. The molecule has 0 aliphatic carbocycles. The van der Waals surface area contributed by atoms with E-state index in [1.807, 2.05) is 6.92 Å². The summed E-state index contributed by atoms with van der Waals surface area (Å²) in [7, 11) is 0. The minimum absolute atomic E-state index is 0.487. The molecule has 18 heavy (non-hydrogen) atoms. The van der Waals surface area contributed by atoms with E-state index >= 15 is 0 Å². The number of aromatic nitrogens is 2. The molecule has 0 radical (unpaired) electrons. The Morgan fingerprint density at radius 3 is 2.61 bits per heavy atom. The van der Waals surface area contributed by atoms with Crippen molar-refractivity contribution in [1.82, 2.24) is 9.97 Å². The van der Waals surface area contributed by atoms with Crippen molar-refractivity contribution in [2.45, 2.75) is 72.3 Å². The highest BCUT2D eigenvalue weighted by atomic mass is 15.0. The van der Waals surface area contributed by atoms with Gasteiger partial charge in [0.25, 0.3) is 0 Å². The van der Waals surface area contributed by atoms with Gasteiger partial charge in [-0.25, -0.2) is 9.97 Å². The normalized spacial score (nSPS) is 12.4. The van der Waals surface area contributed by atoms with E-state index in [1.165, 1.54) is 32.1 Å². The van der Waals surface area contributed by atoms with Crippen LogP contribution in [0.15, 0.2) is 6.07 Å². The van der Waals surface area contributed by atoms with Gasteiger partial charge in [0.1, 0.15) is 11.6 Å². The van der Waals surface area contributed by atoms with E-state index in [2.05, 4.69) is 42.1 Å². The molecule has 0 saturated carbocycles. The molecule has 0 aliphatic heterocycles. The lowest BCUT2D eigenvalue weighted by Gasteiger charge is -2.15. The summed E-state index contributed by atoms with van der Waals surface area (Å²) in [6, 6.07) is 2.55. The summed E-state index contributed by atoms with van der Waals surface area (Å²) in [6.07, 6.45) is 7.46. The molecular weight excluding hydrogens is 222 g/mol. The summed E-state index contributed by atoms with van der Waals surface area (Å²) < 4.78 is 0. The highest BCUT2D eigenvalue weighted by molar-refractivity contribution is 5.36. The van der Waals surface area contributed by atoms with E-state index < -0.39 is 0 Å². The second-order valence-electron chi connectivity index (χ2n) is 5.04. The van der Waals surface area contributed by atoms with Gasteiger partial charge in [0.05, 0.1) is 0 Å². The predicted octanol–water partition coefficient (Wildman–Crippen LogP) is 4.12. The second kappa shape index (κ2) is 8.06. The van der Waals surface area contributed by atoms with Crippen LogP contribution in [0.1, 0.15) is 64.4 Å². The standard InChI is InChI=1S/C15H27N3/c1-5-7-8-9-10-12(3)16-15-11-14(6-2)17-13(4)18-15/h11-12H,5-10H2,1-4H3,(H,16,17,18). The number of rotatable bonds is 8. The van der Waals surface area contributed by atoms with Crippen LogP contribution >= 0.6 is 0 Å². The molecule has 102 valence electrons. The average molecular weight is 249 g/mol. The Bertz CT molecular complexity index is 350. The molecule has 0 aliphatic rings. The third-order valence-electron chi connectivity index (χ3n) is 3.14. The molecule has 0 saturated heterocycles. The lowest BCUT2D eigenvalue weighted by Crippen LogP contribution is -2.16. The van der Waals surface area contributed by atoms with E-state index in [1.54, 1.807) is 0 Å². The molecular formula is C15H27N3. The van der Waals surface area contributed by atoms with Crippen LogP contribution in [0.5, 0.6) is 0 Å². The molecule has 0 amide bonds. The number of aryl methyl sites for hydroxylation is 2. The van der Waals surface area contributed by atoms with E-state index in [0.717, 1.165) is 23.8 Å². The molecule has 1 aromatic heterocycles. The summed E-state index contributed by atoms with van der Waals surface area (Å²) in [4.78, 5) is 8.84. The van der Waals surface area contributed by atoms with Crippen LogP contribution in [0.4, 0.5) is 5.82 Å². The largest absolute Gasteiger partial charge is 0.368 e. The fraction of sp³-hybridized carbons (Fsp3) is 0.733. The van der Waals surface area contributed by atoms with Crippen LogP contribution < -0.4 is 5.32 Å². The zero-order valence-electron chi connectivity index (χ0n) is 12.3. The minimum Gasteiger partial charge on any atom is -0.368 e. The maximum absolute atomic E-state index is 4.44. The van der Waals surface area contributed by atoms with Crippen molar-refractivity contribution in [3.05, 3.63) is 17.6 Å². The molecule has 3 nitrogen and oxygen atoms in total. The third-order valence-corrected chi connectivity index (χ3v) is 3.14. The first-order chi connectivity index (χ1) is 8.65. The Labute approximate surface area is 111 Å². The number of unbranched alkanes of at least 4 members (excludes halogenated alkanes) is 3. The fourth-order valence-electron chi connectivity index (χ4n) is 2.09. The SMILES string of the molecule is CCCCCCC(C)Nc1cc(CC)nc(C)n1. The number of hydrogen-bond acceptors (Lipinski definition) is 3. The highest BCUT2D eigenvalue weighted by Gasteiger charge is 2.05. The van der Waals surface area contributed by atoms with Crippen molar-refractivity contribution in [3.8, 4) is 0 Å². The van der Waals surface area contributed by atoms with Gasteiger partial charge < -0.3 is 5.32 Å². The Balaban J connectivity index is 2.43. The van der Waals surface area contributed by atoms with Crippen LogP contribution in [0.2, 0.25) is 0 Å². The maximum atomic E-state index is 4.44. The van der Waals surface area contributed by atoms with Crippen LogP contribution in [-0.4, -0.2) is 16.0 Å². The highest BCUT2D eigenvalue weighted by Crippen LogP contribution is 2.12. The molecule has 1 heterocycles. The van der Waals surface area contributed by atoms with Crippen molar-refractivity contribution < 1.29 is 0 Å². The van der Waals surface area contributed by atoms with Crippen molar-refractivity contribution >= 4 is 5.82 Å². The minimum atomic E-state index is 0.487. The van der Waals surface area contributed by atoms with Crippen LogP contribution in [0.25, 0.3) is 0 Å². The van der Waals surface area contributed by atoms with Gasteiger partial charge in [-0.3, -0.25) is 0 Å². The monoisotopic (exact) mass is 249 g/mol. The zero-order valence-corrected chi connectivity index (χ0v) is 12.3. The first-order valence-corrected chi connectivity index (χ1v) is 7.26. The van der Waals surface area contributed by atoms with E-state index in [4.69, 9.17) is 0 Å². The van der Waals surface area contributed by atoms with Gasteiger partial charge in [-0.2, -0.15) is 0 Å². The number of nitrogens with zero attached hydrogens (tertiary/aromatic N) is 2. The Morgan fingerprint density at radius 1 is 1.17 bits per heavy atom. The zero-order chi connectivity index (χ0) is 13.4. The van der Waals surface area contributed by atoms with Crippen molar-refractivity contribution in [3.63, 3.8) is 0 Å². The van der Waals surface area contributed by atoms with Gasteiger partial charge in [-0.05, 0) is 26.7 Å². The Kier molecular flexibility index (Phi) is 6.69. The van der Waals surface area contributed by atoms with Crippen LogP contribution in [0.3, 0.4) is 0 Å². The van der Waals surface area contributed by atoms with Gasteiger partial charge >= 0.3 is 0 Å². The molecule has 1 atom stereocenters. The third kappa shape index (κ3) is 5.48. The summed E-state index contributed by atoms with van der Waals surface area (Å²) in [5, 5.41) is 3.48. The lowest BCUT2D eigenvalue weighted by molar-refractivity contribution is 0.592. The quantitative estimate of drug-likeness (QED) is 0.704. The van der Waals surface area contributed by atoms with Crippen molar-refractivity contribution in [2.75, 3.05) is 5.32 Å².